The summed E-state index contributed by atoms with van der Waals surface area (Å²) >= 11 is 0. The lowest BCUT2D eigenvalue weighted by atomic mass is 9.32. The van der Waals surface area contributed by atoms with Crippen LogP contribution in [0.15, 0.2) is 11.6 Å². The lowest BCUT2D eigenvalue weighted by Gasteiger charge is -2.70. The van der Waals surface area contributed by atoms with Gasteiger partial charge < -0.3 is 14.2 Å². The summed E-state index contributed by atoms with van der Waals surface area (Å²) in [7, 11) is 2.91. The average molecular weight is 571 g/mol. The minimum Gasteiger partial charge on any atom is -0.469 e. The molecule has 4 saturated carbocycles. The molecule has 41 heavy (non-hydrogen) atoms. The average Bonchev–Trinajstić information content (AvgIpc) is 2.90. The molecular formula is C34H50O7. The maximum atomic E-state index is 14.6. The third-order valence-corrected chi connectivity index (χ3v) is 13.5. The Balaban J connectivity index is 1.70. The molecule has 0 radical (unpaired) electrons. The van der Waals surface area contributed by atoms with Crippen molar-refractivity contribution in [2.24, 2.45) is 56.7 Å². The molecule has 0 unspecified atom stereocenters. The van der Waals surface area contributed by atoms with E-state index in [9.17, 15) is 19.2 Å². The number of fused-ring (bicyclic) bond motifs is 7. The molecular weight excluding hydrogens is 520 g/mol. The van der Waals surface area contributed by atoms with Gasteiger partial charge in [-0.25, -0.2) is 0 Å². The molecule has 5 aliphatic carbocycles. The summed E-state index contributed by atoms with van der Waals surface area (Å²) in [6.07, 6.45) is 7.16. The molecule has 0 amide bonds. The van der Waals surface area contributed by atoms with Crippen LogP contribution in [0.4, 0.5) is 0 Å². The van der Waals surface area contributed by atoms with E-state index in [-0.39, 0.29) is 64.3 Å². The van der Waals surface area contributed by atoms with Crippen LogP contribution in [0.1, 0.15) is 99.8 Å². The Kier molecular flexibility index (Phi) is 7.14. The van der Waals surface area contributed by atoms with E-state index in [0.29, 0.717) is 38.0 Å². The first-order valence-corrected chi connectivity index (χ1v) is 15.7. The maximum Gasteiger partial charge on any atom is 0.316 e. The number of hydrogen-bond acceptors (Lipinski definition) is 7. The second-order valence-corrected chi connectivity index (χ2v) is 15.3. The summed E-state index contributed by atoms with van der Waals surface area (Å²) < 4.78 is 16.9. The molecule has 4 fully saturated rings. The molecule has 5 aliphatic rings. The normalized spacial score (nSPS) is 46.5. The van der Waals surface area contributed by atoms with Crippen LogP contribution in [0, 0.1) is 56.7 Å². The highest BCUT2D eigenvalue weighted by molar-refractivity contribution is 6.00. The summed E-state index contributed by atoms with van der Waals surface area (Å²) in [4.78, 5) is 54.5. The van der Waals surface area contributed by atoms with Crippen molar-refractivity contribution in [2.45, 2.75) is 106 Å². The zero-order chi connectivity index (χ0) is 30.3. The van der Waals surface area contributed by atoms with Crippen LogP contribution in [-0.4, -0.2) is 44.0 Å². The highest BCUT2D eigenvalue weighted by atomic mass is 16.5. The molecule has 5 rings (SSSR count). The van der Waals surface area contributed by atoms with Crippen molar-refractivity contribution in [3.8, 4) is 0 Å². The van der Waals surface area contributed by atoms with Gasteiger partial charge in [0.1, 0.15) is 6.10 Å². The maximum absolute atomic E-state index is 14.6. The van der Waals surface area contributed by atoms with Crippen LogP contribution in [0.3, 0.4) is 0 Å². The van der Waals surface area contributed by atoms with E-state index in [0.717, 1.165) is 24.8 Å². The van der Waals surface area contributed by atoms with Gasteiger partial charge in [0.25, 0.3) is 0 Å². The summed E-state index contributed by atoms with van der Waals surface area (Å²) in [5, 5.41) is 0. The zero-order valence-corrected chi connectivity index (χ0v) is 26.6. The van der Waals surface area contributed by atoms with Crippen molar-refractivity contribution in [3.05, 3.63) is 11.6 Å². The number of ether oxygens (including phenoxy) is 3. The van der Waals surface area contributed by atoms with Gasteiger partial charge in [-0.2, -0.15) is 0 Å². The lowest BCUT2D eigenvalue weighted by molar-refractivity contribution is -0.220. The monoisotopic (exact) mass is 570 g/mol. The SMILES string of the molecule is COC(=O)[C@]12CC[C@H](C)[C@H](C)[C@@H]1C1=CC(=O)[C@@H]3[C@]4(C)CC[C@H](OC(C)=O)C(C)(C)[C@@H]4CC[C@@]3(C)[C@@]1(C(=O)OC)CC2. The fourth-order valence-corrected chi connectivity index (χ4v) is 11.6. The van der Waals surface area contributed by atoms with Crippen molar-refractivity contribution < 1.29 is 33.4 Å². The van der Waals surface area contributed by atoms with E-state index in [4.69, 9.17) is 14.2 Å². The standard InChI is InChI=1S/C34H50O7/c1-19-10-15-33(28(37)39-8)16-17-34(29(38)40-9)22(26(33)20(19)2)18-23(36)27-31(6)13-12-25(41-21(3)35)30(4,5)24(31)11-14-32(27,34)7/h18-20,24-27H,10-17H2,1-9H3/t19-,20-,24-,25-,26+,27+,31+,32+,33-,34-/m0/s1. The fourth-order valence-electron chi connectivity index (χ4n) is 11.6. The van der Waals surface area contributed by atoms with E-state index >= 15 is 0 Å². The molecule has 0 saturated heterocycles. The quantitative estimate of drug-likeness (QED) is 0.300. The number of hydrogen-bond donors (Lipinski definition) is 0. The largest absolute Gasteiger partial charge is 0.469 e. The van der Waals surface area contributed by atoms with E-state index in [2.05, 4.69) is 41.5 Å². The number of rotatable bonds is 3. The Morgan fingerprint density at radius 2 is 1.51 bits per heavy atom. The summed E-state index contributed by atoms with van der Waals surface area (Å²) in [6, 6.07) is 0. The predicted molar refractivity (Wildman–Crippen MR) is 153 cm³/mol. The second-order valence-electron chi connectivity index (χ2n) is 15.3. The number of esters is 3. The summed E-state index contributed by atoms with van der Waals surface area (Å²) in [6.45, 7) is 14.6. The van der Waals surface area contributed by atoms with E-state index in [1.54, 1.807) is 6.08 Å². The van der Waals surface area contributed by atoms with E-state index in [1.807, 2.05) is 0 Å². The molecule has 0 aliphatic heterocycles. The van der Waals surface area contributed by atoms with Crippen LogP contribution < -0.4 is 0 Å². The van der Waals surface area contributed by atoms with Gasteiger partial charge in [-0.3, -0.25) is 19.2 Å². The smallest absolute Gasteiger partial charge is 0.316 e. The minimum atomic E-state index is -0.987. The number of carbonyl (C=O) groups is 4. The molecule has 0 bridgehead atoms. The van der Waals surface area contributed by atoms with E-state index in [1.165, 1.54) is 21.1 Å². The molecule has 228 valence electrons. The molecule has 10 atom stereocenters. The van der Waals surface area contributed by atoms with Gasteiger partial charge in [0, 0.05) is 24.2 Å². The Bertz CT molecular complexity index is 1190. The van der Waals surface area contributed by atoms with Crippen molar-refractivity contribution in [2.75, 3.05) is 14.2 Å². The Labute approximate surface area is 245 Å². The first-order chi connectivity index (χ1) is 19.1. The fraction of sp³-hybridized carbons (Fsp3) is 0.824. The van der Waals surface area contributed by atoms with Crippen molar-refractivity contribution in [1.82, 2.24) is 0 Å². The van der Waals surface area contributed by atoms with Crippen LogP contribution in [-0.2, 0) is 33.4 Å². The van der Waals surface area contributed by atoms with Gasteiger partial charge >= 0.3 is 17.9 Å². The summed E-state index contributed by atoms with van der Waals surface area (Å²) in [5.74, 6) is -0.733. The first kappa shape index (κ1) is 30.3. The molecule has 0 aromatic heterocycles. The van der Waals surface area contributed by atoms with Gasteiger partial charge in [-0.05, 0) is 91.6 Å². The second kappa shape index (κ2) is 9.67. The van der Waals surface area contributed by atoms with Crippen molar-refractivity contribution in [3.63, 3.8) is 0 Å². The molecule has 0 spiro atoms. The molecule has 0 aromatic carbocycles. The number of allylic oxidation sites excluding steroid dienone is 1. The topological polar surface area (TPSA) is 96.0 Å². The number of methoxy groups -OCH3 is 2. The highest BCUT2D eigenvalue weighted by Crippen LogP contribution is 2.75. The number of carbonyl (C=O) groups excluding carboxylic acids is 4. The van der Waals surface area contributed by atoms with Crippen molar-refractivity contribution >= 4 is 23.7 Å². The molecule has 7 heteroatoms. The van der Waals surface area contributed by atoms with Crippen LogP contribution >= 0.6 is 0 Å². The summed E-state index contributed by atoms with van der Waals surface area (Å²) in [5.41, 5.74) is -2.27. The lowest BCUT2D eigenvalue weighted by Crippen LogP contribution is -2.70. The van der Waals surface area contributed by atoms with Gasteiger partial charge in [-0.15, -0.1) is 0 Å². The van der Waals surface area contributed by atoms with Crippen LogP contribution in [0.2, 0.25) is 0 Å². The van der Waals surface area contributed by atoms with Crippen molar-refractivity contribution in [1.29, 1.82) is 0 Å². The minimum absolute atomic E-state index is 0.0713. The number of ketones is 1. The Morgan fingerprint density at radius 1 is 0.854 bits per heavy atom. The van der Waals surface area contributed by atoms with Gasteiger partial charge in [-0.1, -0.05) is 41.5 Å². The molecule has 0 heterocycles. The van der Waals surface area contributed by atoms with Gasteiger partial charge in [0.05, 0.1) is 25.0 Å². The van der Waals surface area contributed by atoms with Crippen LogP contribution in [0.25, 0.3) is 0 Å². The Morgan fingerprint density at radius 3 is 2.12 bits per heavy atom. The third-order valence-electron chi connectivity index (χ3n) is 13.5. The molecule has 7 nitrogen and oxygen atoms in total. The third kappa shape index (κ3) is 3.75. The highest BCUT2D eigenvalue weighted by Gasteiger charge is 2.75. The first-order valence-electron chi connectivity index (χ1n) is 15.7. The predicted octanol–water partition coefficient (Wildman–Crippen LogP) is 6.08. The van der Waals surface area contributed by atoms with E-state index < -0.39 is 16.2 Å². The zero-order valence-electron chi connectivity index (χ0n) is 26.6. The van der Waals surface area contributed by atoms with Crippen LogP contribution in [0.5, 0.6) is 0 Å². The van der Waals surface area contributed by atoms with Gasteiger partial charge in [0.2, 0.25) is 0 Å². The molecule has 0 aromatic rings. The van der Waals surface area contributed by atoms with Gasteiger partial charge in [0.15, 0.2) is 5.78 Å². The molecule has 0 N–H and O–H groups in total. The Hall–Kier alpha value is -2.18.